The highest BCUT2D eigenvalue weighted by Gasteiger charge is 2.17. The van der Waals surface area contributed by atoms with Crippen LogP contribution in [0.4, 0.5) is 14.9 Å². The van der Waals surface area contributed by atoms with E-state index in [0.717, 1.165) is 6.07 Å². The number of amides is 1. The maximum absolute atomic E-state index is 13.4. The molecule has 4 N–H and O–H groups in total. The highest BCUT2D eigenvalue weighted by Crippen LogP contribution is 2.16. The van der Waals surface area contributed by atoms with Gasteiger partial charge in [0.25, 0.3) is 0 Å². The van der Waals surface area contributed by atoms with E-state index < -0.39 is 17.5 Å². The smallest absolute Gasteiger partial charge is 0.412 e. The van der Waals surface area contributed by atoms with E-state index in [0.29, 0.717) is 0 Å². The van der Waals surface area contributed by atoms with Crippen LogP contribution in [-0.4, -0.2) is 22.7 Å². The molecule has 0 aliphatic carbocycles. The van der Waals surface area contributed by atoms with Crippen LogP contribution in [0.15, 0.2) is 23.4 Å². The molecule has 1 amide bonds. The number of halogens is 1. The number of carbonyl (C=O) groups is 1. The van der Waals surface area contributed by atoms with Crippen LogP contribution in [0, 0.1) is 5.82 Å². The van der Waals surface area contributed by atoms with Crippen LogP contribution in [0.3, 0.4) is 0 Å². The SMILES string of the molecule is CC(C)(C)OC(=O)Nc1ccc(F)c(C(N)=NO)c1. The molecule has 0 unspecified atom stereocenters. The monoisotopic (exact) mass is 269 g/mol. The standard InChI is InChI=1S/C12H16FN3O3/c1-12(2,3)19-11(17)15-7-4-5-9(13)8(6-7)10(14)16-18/h4-6,18H,1-3H3,(H2,14,16)(H,15,17). The number of hydrogen-bond acceptors (Lipinski definition) is 4. The van der Waals surface area contributed by atoms with Crippen LogP contribution >= 0.6 is 0 Å². The summed E-state index contributed by atoms with van der Waals surface area (Å²) in [4.78, 5) is 11.5. The number of rotatable bonds is 2. The van der Waals surface area contributed by atoms with Crippen LogP contribution in [0.5, 0.6) is 0 Å². The minimum absolute atomic E-state index is 0.115. The number of nitrogens with one attached hydrogen (secondary N) is 1. The van der Waals surface area contributed by atoms with E-state index in [2.05, 4.69) is 10.5 Å². The lowest BCUT2D eigenvalue weighted by Crippen LogP contribution is -2.27. The van der Waals surface area contributed by atoms with Crippen molar-refractivity contribution in [1.82, 2.24) is 0 Å². The molecule has 0 spiro atoms. The first-order valence-electron chi connectivity index (χ1n) is 5.50. The Morgan fingerprint density at radius 1 is 1.47 bits per heavy atom. The van der Waals surface area contributed by atoms with E-state index in [4.69, 9.17) is 15.7 Å². The summed E-state index contributed by atoms with van der Waals surface area (Å²) in [5.74, 6) is -1.05. The summed E-state index contributed by atoms with van der Waals surface area (Å²) in [7, 11) is 0. The maximum atomic E-state index is 13.4. The van der Waals surface area contributed by atoms with Crippen molar-refractivity contribution in [3.8, 4) is 0 Å². The zero-order valence-corrected chi connectivity index (χ0v) is 10.9. The van der Waals surface area contributed by atoms with E-state index in [1.807, 2.05) is 0 Å². The average molecular weight is 269 g/mol. The normalized spacial score (nSPS) is 12.1. The molecule has 0 aliphatic heterocycles. The average Bonchev–Trinajstić information content (AvgIpc) is 2.28. The van der Waals surface area contributed by atoms with Crippen molar-refractivity contribution in [1.29, 1.82) is 0 Å². The Morgan fingerprint density at radius 2 is 2.11 bits per heavy atom. The summed E-state index contributed by atoms with van der Waals surface area (Å²) in [6.07, 6.45) is -0.676. The van der Waals surface area contributed by atoms with Gasteiger partial charge in [-0.25, -0.2) is 9.18 Å². The number of benzene rings is 1. The zero-order chi connectivity index (χ0) is 14.6. The molecule has 1 aromatic carbocycles. The molecule has 0 heterocycles. The van der Waals surface area contributed by atoms with Gasteiger partial charge in [0.1, 0.15) is 11.4 Å². The van der Waals surface area contributed by atoms with Crippen molar-refractivity contribution >= 4 is 17.6 Å². The first-order chi connectivity index (χ1) is 8.73. The molecule has 0 bridgehead atoms. The van der Waals surface area contributed by atoms with Crippen LogP contribution in [0.1, 0.15) is 26.3 Å². The summed E-state index contributed by atoms with van der Waals surface area (Å²) < 4.78 is 18.4. The second-order valence-corrected chi connectivity index (χ2v) is 4.81. The number of ether oxygens (including phenoxy) is 1. The Bertz CT molecular complexity index is 509. The third-order valence-corrected chi connectivity index (χ3v) is 2.00. The number of amidine groups is 1. The van der Waals surface area contributed by atoms with Crippen molar-refractivity contribution in [2.45, 2.75) is 26.4 Å². The highest BCUT2D eigenvalue weighted by molar-refractivity contribution is 5.98. The number of carbonyl (C=O) groups excluding carboxylic acids is 1. The molecule has 0 fully saturated rings. The lowest BCUT2D eigenvalue weighted by Gasteiger charge is -2.19. The predicted molar refractivity (Wildman–Crippen MR) is 68.8 cm³/mol. The molecular formula is C12H16FN3O3. The molecule has 0 radical (unpaired) electrons. The van der Waals surface area contributed by atoms with E-state index in [1.165, 1.54) is 12.1 Å². The van der Waals surface area contributed by atoms with E-state index >= 15 is 0 Å². The molecule has 1 aromatic rings. The molecule has 19 heavy (non-hydrogen) atoms. The molecular weight excluding hydrogens is 253 g/mol. The number of hydrogen-bond donors (Lipinski definition) is 3. The van der Waals surface area contributed by atoms with Gasteiger partial charge in [-0.1, -0.05) is 5.16 Å². The van der Waals surface area contributed by atoms with E-state index in [-0.39, 0.29) is 17.1 Å². The zero-order valence-electron chi connectivity index (χ0n) is 10.9. The van der Waals surface area contributed by atoms with Gasteiger partial charge >= 0.3 is 6.09 Å². The maximum Gasteiger partial charge on any atom is 0.412 e. The van der Waals surface area contributed by atoms with Crippen LogP contribution in [0.25, 0.3) is 0 Å². The van der Waals surface area contributed by atoms with Gasteiger partial charge < -0.3 is 15.7 Å². The molecule has 0 saturated carbocycles. The third-order valence-electron chi connectivity index (χ3n) is 2.00. The fourth-order valence-corrected chi connectivity index (χ4v) is 1.27. The minimum atomic E-state index is -0.676. The van der Waals surface area contributed by atoms with Crippen molar-refractivity contribution in [3.05, 3.63) is 29.6 Å². The Morgan fingerprint density at radius 3 is 2.63 bits per heavy atom. The molecule has 6 nitrogen and oxygen atoms in total. The van der Waals surface area contributed by atoms with Gasteiger partial charge in [0, 0.05) is 5.69 Å². The van der Waals surface area contributed by atoms with Gasteiger partial charge in [0.2, 0.25) is 0 Å². The number of nitrogens with two attached hydrogens (primary N) is 1. The molecule has 1 rings (SSSR count). The molecule has 7 heteroatoms. The van der Waals surface area contributed by atoms with Gasteiger partial charge in [-0.3, -0.25) is 5.32 Å². The first kappa shape index (κ1) is 14.7. The summed E-state index contributed by atoms with van der Waals surface area (Å²) in [5, 5.41) is 13.7. The Balaban J connectivity index is 2.89. The first-order valence-corrected chi connectivity index (χ1v) is 5.50. The van der Waals surface area contributed by atoms with Crippen LogP contribution in [-0.2, 0) is 4.74 Å². The van der Waals surface area contributed by atoms with Gasteiger partial charge in [-0.2, -0.15) is 0 Å². The number of nitrogens with zero attached hydrogens (tertiary/aromatic N) is 1. The second-order valence-electron chi connectivity index (χ2n) is 4.81. The van der Waals surface area contributed by atoms with Gasteiger partial charge in [0.05, 0.1) is 5.56 Å². The largest absolute Gasteiger partial charge is 0.444 e. The fraction of sp³-hybridized carbons (Fsp3) is 0.333. The molecule has 0 saturated heterocycles. The second kappa shape index (κ2) is 5.55. The summed E-state index contributed by atoms with van der Waals surface area (Å²) >= 11 is 0. The predicted octanol–water partition coefficient (Wildman–Crippen LogP) is 2.27. The van der Waals surface area contributed by atoms with Crippen molar-refractivity contribution < 1.29 is 19.1 Å². The Labute approximate surface area is 110 Å². The third kappa shape index (κ3) is 4.46. The van der Waals surface area contributed by atoms with Crippen LogP contribution in [0.2, 0.25) is 0 Å². The van der Waals surface area contributed by atoms with Crippen molar-refractivity contribution in [2.75, 3.05) is 5.32 Å². The Kier molecular flexibility index (Phi) is 4.31. The molecule has 0 aromatic heterocycles. The minimum Gasteiger partial charge on any atom is -0.444 e. The fourth-order valence-electron chi connectivity index (χ4n) is 1.27. The lowest BCUT2D eigenvalue weighted by atomic mass is 10.1. The molecule has 104 valence electrons. The van der Waals surface area contributed by atoms with Gasteiger partial charge in [-0.15, -0.1) is 0 Å². The highest BCUT2D eigenvalue weighted by atomic mass is 19.1. The summed E-state index contributed by atoms with van der Waals surface area (Å²) in [6, 6.07) is 3.68. The topological polar surface area (TPSA) is 96.9 Å². The van der Waals surface area contributed by atoms with Crippen molar-refractivity contribution in [2.24, 2.45) is 10.9 Å². The quantitative estimate of drug-likeness (QED) is 0.332. The number of oxime groups is 1. The summed E-state index contributed by atoms with van der Waals surface area (Å²) in [5.41, 5.74) is 4.83. The van der Waals surface area contributed by atoms with Gasteiger partial charge in [-0.05, 0) is 39.0 Å². The molecule has 0 atom stereocenters. The van der Waals surface area contributed by atoms with E-state index in [1.54, 1.807) is 20.8 Å². The molecule has 0 aliphatic rings. The number of anilines is 1. The lowest BCUT2D eigenvalue weighted by molar-refractivity contribution is 0.0636. The van der Waals surface area contributed by atoms with Crippen molar-refractivity contribution in [3.63, 3.8) is 0 Å². The summed E-state index contributed by atoms with van der Waals surface area (Å²) in [6.45, 7) is 5.16. The van der Waals surface area contributed by atoms with Crippen LogP contribution < -0.4 is 11.1 Å². The Hall–Kier alpha value is -2.31. The van der Waals surface area contributed by atoms with Gasteiger partial charge in [0.15, 0.2) is 5.84 Å². The van der Waals surface area contributed by atoms with E-state index in [9.17, 15) is 9.18 Å².